The molecule has 2 aromatic rings. The van der Waals surface area contributed by atoms with Crippen LogP contribution < -0.4 is 0 Å². The van der Waals surface area contributed by atoms with E-state index in [9.17, 15) is 0 Å². The van der Waals surface area contributed by atoms with Crippen LogP contribution in [-0.4, -0.2) is 37.3 Å². The van der Waals surface area contributed by atoms with Crippen LogP contribution in [0.3, 0.4) is 0 Å². The average molecular weight is 215 g/mol. The molecule has 0 spiro atoms. The van der Waals surface area contributed by atoms with E-state index in [1.165, 1.54) is 18.8 Å². The number of hydrogen-bond donors (Lipinski definition) is 0. The predicted molar refractivity (Wildman–Crippen MR) is 44.4 cm³/mol. The van der Waals surface area contributed by atoms with Crippen LogP contribution in [0.2, 0.25) is 0 Å². The number of aromatic nitrogens is 4. The summed E-state index contributed by atoms with van der Waals surface area (Å²) in [5.41, 5.74) is 0.861. The van der Waals surface area contributed by atoms with E-state index < -0.39 is 0 Å². The van der Waals surface area contributed by atoms with Crippen LogP contribution in [0.15, 0.2) is 30.7 Å². The van der Waals surface area contributed by atoms with Crippen LogP contribution >= 0.6 is 0 Å². The van der Waals surface area contributed by atoms with Gasteiger partial charge in [-0.3, -0.25) is 0 Å². The maximum atomic E-state index is 4.17. The zero-order valence-corrected chi connectivity index (χ0v) is 8.68. The molecule has 0 aliphatic rings. The topological polar surface area (TPSA) is 43.6 Å². The molecule has 2 heterocycles. The molecule has 0 atom stereocenters. The predicted octanol–water partition coefficient (Wildman–Crippen LogP) is 0.272. The van der Waals surface area contributed by atoms with E-state index >= 15 is 0 Å². The summed E-state index contributed by atoms with van der Waals surface area (Å²) in [6.07, 6.45) is 3.43. The Labute approximate surface area is 79.8 Å². The molecule has 0 unspecified atom stereocenters. The van der Waals surface area contributed by atoms with Crippen molar-refractivity contribution in [1.82, 2.24) is 18.5 Å². The summed E-state index contributed by atoms with van der Waals surface area (Å²) in [7, 11) is 0. The number of rotatable bonds is 1. The molecule has 56 valence electrons. The van der Waals surface area contributed by atoms with Gasteiger partial charge in [0.25, 0.3) is 0 Å². The van der Waals surface area contributed by atoms with Crippen molar-refractivity contribution < 1.29 is 0 Å². The molecule has 0 N–H and O–H groups in total. The summed E-state index contributed by atoms with van der Waals surface area (Å²) >= 11 is 1.44. The molecule has 0 aliphatic heterocycles. The van der Waals surface area contributed by atoms with Crippen LogP contribution in [-0.2, 0) is 0 Å². The third kappa shape index (κ3) is 1.28. The summed E-state index contributed by atoms with van der Waals surface area (Å²) in [6.45, 7) is 0. The molecule has 0 fully saturated rings. The van der Waals surface area contributed by atoms with Crippen molar-refractivity contribution in [2.75, 3.05) is 0 Å². The zero-order chi connectivity index (χ0) is 8.39. The Morgan fingerprint density at radius 1 is 1.33 bits per heavy atom. The van der Waals surface area contributed by atoms with Crippen LogP contribution in [0.5, 0.6) is 0 Å². The first-order valence-corrected chi connectivity index (χ1v) is 4.53. The SMILES string of the molecule is [Ga][n]1cnnc1-c1ccccn1. The van der Waals surface area contributed by atoms with E-state index in [4.69, 9.17) is 0 Å². The van der Waals surface area contributed by atoms with Crippen molar-refractivity contribution in [3.63, 3.8) is 0 Å². The molecule has 4 nitrogen and oxygen atoms in total. The van der Waals surface area contributed by atoms with Gasteiger partial charge in [-0.15, -0.1) is 0 Å². The van der Waals surface area contributed by atoms with Gasteiger partial charge in [0.1, 0.15) is 0 Å². The average Bonchev–Trinajstić information content (AvgIpc) is 2.53. The van der Waals surface area contributed by atoms with Gasteiger partial charge in [0.05, 0.1) is 0 Å². The fourth-order valence-corrected chi connectivity index (χ4v) is 1.43. The fraction of sp³-hybridized carbons (Fsp3) is 0. The van der Waals surface area contributed by atoms with Crippen LogP contribution in [0.1, 0.15) is 0 Å². The Bertz CT molecular complexity index is 370. The number of hydrogen-bond acceptors (Lipinski definition) is 3. The first-order chi connectivity index (χ1) is 5.88. The van der Waals surface area contributed by atoms with Gasteiger partial charge in [0.2, 0.25) is 0 Å². The third-order valence-corrected chi connectivity index (χ3v) is 2.26. The summed E-state index contributed by atoms with van der Waals surface area (Å²) in [5, 5.41) is 7.74. The molecular formula is C7H5GaN4. The van der Waals surface area contributed by atoms with E-state index in [2.05, 4.69) is 15.2 Å². The van der Waals surface area contributed by atoms with Gasteiger partial charge in [-0.2, -0.15) is 0 Å². The van der Waals surface area contributed by atoms with Crippen molar-refractivity contribution in [3.8, 4) is 11.5 Å². The summed E-state index contributed by atoms with van der Waals surface area (Å²) in [4.78, 5) is 4.17. The molecule has 2 radical (unpaired) electrons. The summed E-state index contributed by atoms with van der Waals surface area (Å²) in [5.74, 6) is 0.815. The van der Waals surface area contributed by atoms with Crippen LogP contribution in [0.4, 0.5) is 0 Å². The molecule has 2 aromatic heterocycles. The van der Waals surface area contributed by atoms with Gasteiger partial charge >= 0.3 is 79.5 Å². The first-order valence-electron chi connectivity index (χ1n) is 3.44. The summed E-state index contributed by atoms with van der Waals surface area (Å²) < 4.78 is 1.90. The van der Waals surface area contributed by atoms with Crippen molar-refractivity contribution in [2.45, 2.75) is 0 Å². The monoisotopic (exact) mass is 214 g/mol. The minimum atomic E-state index is 0.815. The third-order valence-electron chi connectivity index (χ3n) is 1.47. The molecule has 0 aromatic carbocycles. The van der Waals surface area contributed by atoms with Crippen LogP contribution in [0.25, 0.3) is 11.5 Å². The van der Waals surface area contributed by atoms with Gasteiger partial charge in [-0.1, -0.05) is 0 Å². The summed E-state index contributed by atoms with van der Waals surface area (Å²) in [6, 6.07) is 5.73. The molecular weight excluding hydrogens is 210 g/mol. The second-order valence-electron chi connectivity index (χ2n) is 2.28. The van der Waals surface area contributed by atoms with Crippen molar-refractivity contribution >= 4 is 18.8 Å². The van der Waals surface area contributed by atoms with Gasteiger partial charge in [-0.05, 0) is 0 Å². The molecule has 12 heavy (non-hydrogen) atoms. The molecule has 5 heteroatoms. The standard InChI is InChI=1S/C7H5N4.Ga/c1-2-4-8-6(3-1)7-9-5-10-11-7;/h1-5H;/q-1;+1. The molecule has 0 saturated heterocycles. The second kappa shape index (κ2) is 3.12. The molecule has 0 saturated carbocycles. The maximum absolute atomic E-state index is 4.17. The first kappa shape index (κ1) is 7.57. The Kier molecular flexibility index (Phi) is 1.97. The van der Waals surface area contributed by atoms with E-state index in [0.29, 0.717) is 0 Å². The molecule has 0 amide bonds. The quantitative estimate of drug-likeness (QED) is 0.641. The van der Waals surface area contributed by atoms with E-state index in [1.54, 1.807) is 12.5 Å². The normalized spacial score (nSPS) is 10.0. The molecule has 2 rings (SSSR count). The van der Waals surface area contributed by atoms with Gasteiger partial charge in [0.15, 0.2) is 0 Å². The van der Waals surface area contributed by atoms with Gasteiger partial charge < -0.3 is 0 Å². The fourth-order valence-electron chi connectivity index (χ4n) is 0.921. The van der Waals surface area contributed by atoms with Crippen molar-refractivity contribution in [2.24, 2.45) is 0 Å². The Morgan fingerprint density at radius 2 is 2.25 bits per heavy atom. The van der Waals surface area contributed by atoms with Crippen molar-refractivity contribution in [1.29, 1.82) is 0 Å². The van der Waals surface area contributed by atoms with Gasteiger partial charge in [-0.25, -0.2) is 0 Å². The molecule has 0 aliphatic carbocycles. The van der Waals surface area contributed by atoms with E-state index in [0.717, 1.165) is 11.5 Å². The van der Waals surface area contributed by atoms with E-state index in [-0.39, 0.29) is 0 Å². The minimum absolute atomic E-state index is 0.815. The number of nitrogens with zero attached hydrogens (tertiary/aromatic N) is 4. The zero-order valence-electron chi connectivity index (χ0n) is 6.25. The Balaban J connectivity index is 2.51. The second-order valence-corrected chi connectivity index (χ2v) is 3.44. The number of pyridine rings is 1. The van der Waals surface area contributed by atoms with Crippen LogP contribution in [0, 0.1) is 0 Å². The van der Waals surface area contributed by atoms with Gasteiger partial charge in [0, 0.05) is 0 Å². The van der Waals surface area contributed by atoms with E-state index in [1.807, 2.05) is 21.5 Å². The molecule has 0 bridgehead atoms. The van der Waals surface area contributed by atoms with Crippen molar-refractivity contribution in [3.05, 3.63) is 30.7 Å². The Morgan fingerprint density at radius 3 is 2.83 bits per heavy atom. The Hall–Kier alpha value is -1.07.